The van der Waals surface area contributed by atoms with Crippen LogP contribution < -0.4 is 4.74 Å². The summed E-state index contributed by atoms with van der Waals surface area (Å²) in [6, 6.07) is 0.331. The lowest BCUT2D eigenvalue weighted by Crippen LogP contribution is -1.90. The third-order valence-corrected chi connectivity index (χ3v) is 1.39. The van der Waals surface area contributed by atoms with Crippen LogP contribution in [0.5, 0.6) is 6.01 Å². The first-order valence-corrected chi connectivity index (χ1v) is 3.90. The average Bonchev–Trinajstić information content (AvgIpc) is 2.25. The third-order valence-electron chi connectivity index (χ3n) is 1.39. The van der Waals surface area contributed by atoms with E-state index < -0.39 is 0 Å². The van der Waals surface area contributed by atoms with Gasteiger partial charge in [-0.2, -0.15) is 0 Å². The second kappa shape index (κ2) is 5.55. The maximum atomic E-state index is 8.01. The number of hydrogen-bond acceptors (Lipinski definition) is 4. The van der Waals surface area contributed by atoms with Crippen molar-refractivity contribution >= 4 is 6.08 Å². The topological polar surface area (TPSA) is 83.8 Å². The molecule has 0 N–H and O–H groups in total. The van der Waals surface area contributed by atoms with Gasteiger partial charge in [-0.15, -0.1) is 0 Å². The van der Waals surface area contributed by atoms with Crippen molar-refractivity contribution < 1.29 is 4.74 Å². The van der Waals surface area contributed by atoms with Gasteiger partial charge in [0.1, 0.15) is 0 Å². The van der Waals surface area contributed by atoms with Crippen LogP contribution in [0.15, 0.2) is 23.6 Å². The second-order valence-electron chi connectivity index (χ2n) is 2.32. The van der Waals surface area contributed by atoms with E-state index in [9.17, 15) is 0 Å². The van der Waals surface area contributed by atoms with Crippen molar-refractivity contribution in [1.82, 2.24) is 9.97 Å². The largest absolute Gasteiger partial charge is 0.467 e. The van der Waals surface area contributed by atoms with E-state index in [2.05, 4.69) is 20.0 Å². The molecule has 0 aliphatic carbocycles. The van der Waals surface area contributed by atoms with E-state index in [1.54, 1.807) is 24.5 Å². The van der Waals surface area contributed by atoms with Crippen molar-refractivity contribution in [1.29, 1.82) is 0 Å². The SMILES string of the molecule is COc1ncc(C=CCN=[N+]=[N-])cn1. The van der Waals surface area contributed by atoms with E-state index >= 15 is 0 Å². The Labute approximate surface area is 80.9 Å². The van der Waals surface area contributed by atoms with Gasteiger partial charge < -0.3 is 4.74 Å². The summed E-state index contributed by atoms with van der Waals surface area (Å²) in [5.74, 6) is 0. The van der Waals surface area contributed by atoms with Gasteiger partial charge in [0.25, 0.3) is 0 Å². The number of azide groups is 1. The van der Waals surface area contributed by atoms with E-state index in [1.807, 2.05) is 0 Å². The van der Waals surface area contributed by atoms with Crippen LogP contribution in [0.25, 0.3) is 16.5 Å². The third kappa shape index (κ3) is 3.12. The van der Waals surface area contributed by atoms with Gasteiger partial charge in [-0.05, 0) is 5.53 Å². The molecule has 0 unspecified atom stereocenters. The van der Waals surface area contributed by atoms with E-state index in [1.165, 1.54) is 7.11 Å². The molecule has 6 heteroatoms. The highest BCUT2D eigenvalue weighted by molar-refractivity contribution is 5.46. The first-order chi connectivity index (χ1) is 6.86. The first kappa shape index (κ1) is 10.0. The summed E-state index contributed by atoms with van der Waals surface area (Å²) in [5.41, 5.74) is 8.85. The normalized spacial score (nSPS) is 9.79. The van der Waals surface area contributed by atoms with Crippen LogP contribution in [0.1, 0.15) is 5.56 Å². The number of ether oxygens (including phenoxy) is 1. The molecule has 1 aromatic rings. The van der Waals surface area contributed by atoms with Crippen LogP contribution in [0, 0.1) is 0 Å². The molecular weight excluding hydrogens is 182 g/mol. The van der Waals surface area contributed by atoms with Crippen LogP contribution in [-0.2, 0) is 0 Å². The van der Waals surface area contributed by atoms with Crippen molar-refractivity contribution in [3.05, 3.63) is 34.5 Å². The Morgan fingerprint density at radius 2 is 2.29 bits per heavy atom. The zero-order valence-electron chi connectivity index (χ0n) is 7.66. The van der Waals surface area contributed by atoms with Crippen LogP contribution in [0.4, 0.5) is 0 Å². The number of nitrogens with zero attached hydrogens (tertiary/aromatic N) is 5. The predicted octanol–water partition coefficient (Wildman–Crippen LogP) is 1.81. The highest BCUT2D eigenvalue weighted by atomic mass is 16.5. The molecule has 1 rings (SSSR count). The van der Waals surface area contributed by atoms with Gasteiger partial charge in [0.15, 0.2) is 0 Å². The number of hydrogen-bond donors (Lipinski definition) is 0. The van der Waals surface area contributed by atoms with E-state index in [0.717, 1.165) is 5.56 Å². The molecule has 0 saturated heterocycles. The smallest absolute Gasteiger partial charge is 0.316 e. The Morgan fingerprint density at radius 3 is 2.86 bits per heavy atom. The molecule has 0 spiro atoms. The van der Waals surface area contributed by atoms with Gasteiger partial charge in [0.2, 0.25) is 0 Å². The quantitative estimate of drug-likeness (QED) is 0.413. The van der Waals surface area contributed by atoms with Crippen molar-refractivity contribution in [3.8, 4) is 6.01 Å². The molecule has 0 atom stereocenters. The highest BCUT2D eigenvalue weighted by Gasteiger charge is 1.91. The molecule has 0 aromatic carbocycles. The molecule has 1 aromatic heterocycles. The van der Waals surface area contributed by atoms with Gasteiger partial charge >= 0.3 is 6.01 Å². The lowest BCUT2D eigenvalue weighted by molar-refractivity contribution is 0.379. The van der Waals surface area contributed by atoms with Crippen LogP contribution >= 0.6 is 0 Å². The molecule has 0 amide bonds. The molecule has 0 bridgehead atoms. The molecule has 6 nitrogen and oxygen atoms in total. The van der Waals surface area contributed by atoms with Gasteiger partial charge in [-0.1, -0.05) is 17.3 Å². The van der Waals surface area contributed by atoms with Gasteiger partial charge in [0, 0.05) is 29.4 Å². The molecule has 14 heavy (non-hydrogen) atoms. The number of rotatable bonds is 4. The summed E-state index contributed by atoms with van der Waals surface area (Å²) in [5, 5.41) is 3.35. The molecule has 0 saturated carbocycles. The second-order valence-corrected chi connectivity index (χ2v) is 2.32. The standard InChI is InChI=1S/C8H9N5O/c1-14-8-10-5-7(6-11-8)3-2-4-12-13-9/h2-3,5-6H,4H2,1H3. The average molecular weight is 191 g/mol. The molecule has 0 aliphatic heterocycles. The maximum absolute atomic E-state index is 8.01. The fourth-order valence-electron chi connectivity index (χ4n) is 0.790. The summed E-state index contributed by atoms with van der Waals surface area (Å²) < 4.78 is 4.80. The lowest BCUT2D eigenvalue weighted by atomic mass is 10.3. The first-order valence-electron chi connectivity index (χ1n) is 3.90. The summed E-state index contributed by atoms with van der Waals surface area (Å²) in [7, 11) is 1.51. The molecule has 72 valence electrons. The summed E-state index contributed by atoms with van der Waals surface area (Å²) in [6.45, 7) is 0.322. The maximum Gasteiger partial charge on any atom is 0.316 e. The molecule has 0 aliphatic rings. The fourth-order valence-corrected chi connectivity index (χ4v) is 0.790. The minimum absolute atomic E-state index is 0.322. The van der Waals surface area contributed by atoms with Gasteiger partial charge in [0.05, 0.1) is 7.11 Å². The lowest BCUT2D eigenvalue weighted by Gasteiger charge is -1.95. The van der Waals surface area contributed by atoms with Crippen molar-refractivity contribution in [2.24, 2.45) is 5.11 Å². The van der Waals surface area contributed by atoms with E-state index in [-0.39, 0.29) is 0 Å². The molecule has 0 radical (unpaired) electrons. The summed E-state index contributed by atoms with van der Waals surface area (Å²) >= 11 is 0. The zero-order valence-corrected chi connectivity index (χ0v) is 7.66. The van der Waals surface area contributed by atoms with Crippen molar-refractivity contribution in [2.75, 3.05) is 13.7 Å². The van der Waals surface area contributed by atoms with Crippen molar-refractivity contribution in [2.45, 2.75) is 0 Å². The summed E-state index contributed by atoms with van der Waals surface area (Å²) in [4.78, 5) is 10.4. The monoisotopic (exact) mass is 191 g/mol. The number of methoxy groups -OCH3 is 1. The molecule has 0 fully saturated rings. The zero-order chi connectivity index (χ0) is 10.2. The van der Waals surface area contributed by atoms with Crippen LogP contribution in [0.3, 0.4) is 0 Å². The molecule has 1 heterocycles. The Kier molecular flexibility index (Phi) is 3.97. The predicted molar refractivity (Wildman–Crippen MR) is 51.6 cm³/mol. The van der Waals surface area contributed by atoms with Crippen molar-refractivity contribution in [3.63, 3.8) is 0 Å². The number of aromatic nitrogens is 2. The van der Waals surface area contributed by atoms with E-state index in [0.29, 0.717) is 12.6 Å². The van der Waals surface area contributed by atoms with Gasteiger partial charge in [-0.25, -0.2) is 9.97 Å². The fraction of sp³-hybridized carbons (Fsp3) is 0.250. The van der Waals surface area contributed by atoms with Gasteiger partial charge in [-0.3, -0.25) is 0 Å². The highest BCUT2D eigenvalue weighted by Crippen LogP contribution is 2.03. The Hall–Kier alpha value is -2.07. The Balaban J connectivity index is 2.59. The Bertz CT molecular complexity index is 352. The van der Waals surface area contributed by atoms with Crippen LogP contribution in [-0.4, -0.2) is 23.6 Å². The van der Waals surface area contributed by atoms with Crippen LogP contribution in [0.2, 0.25) is 0 Å². The minimum Gasteiger partial charge on any atom is -0.467 e. The Morgan fingerprint density at radius 1 is 1.57 bits per heavy atom. The molecular formula is C8H9N5O. The minimum atomic E-state index is 0.322. The van der Waals surface area contributed by atoms with E-state index in [4.69, 9.17) is 10.3 Å². The summed E-state index contributed by atoms with van der Waals surface area (Å²) in [6.07, 6.45) is 6.75.